The summed E-state index contributed by atoms with van der Waals surface area (Å²) >= 11 is 0. The molecule has 0 radical (unpaired) electrons. The van der Waals surface area contributed by atoms with Gasteiger partial charge in [-0.05, 0) is 12.1 Å². The Kier molecular flexibility index (Phi) is 4.38. The van der Waals surface area contributed by atoms with Crippen molar-refractivity contribution in [3.05, 3.63) is 66.4 Å². The molecule has 1 aliphatic heterocycles. The molecule has 8 heteroatoms. The van der Waals surface area contributed by atoms with E-state index in [9.17, 15) is 0 Å². The van der Waals surface area contributed by atoms with Crippen LogP contribution in [0.15, 0.2) is 54.9 Å². The molecule has 0 unspecified atom stereocenters. The normalized spacial score (nSPS) is 14.6. The second kappa shape index (κ2) is 7.32. The van der Waals surface area contributed by atoms with E-state index in [4.69, 9.17) is 4.98 Å². The summed E-state index contributed by atoms with van der Waals surface area (Å²) in [6, 6.07) is 14.1. The maximum Gasteiger partial charge on any atom is 0.182 e. The van der Waals surface area contributed by atoms with Gasteiger partial charge >= 0.3 is 0 Å². The molecule has 140 valence electrons. The molecule has 0 bridgehead atoms. The van der Waals surface area contributed by atoms with E-state index in [2.05, 4.69) is 42.5 Å². The number of hydrogen-bond acceptors (Lipinski definition) is 6. The van der Waals surface area contributed by atoms with Gasteiger partial charge < -0.3 is 0 Å². The van der Waals surface area contributed by atoms with E-state index >= 15 is 0 Å². The van der Waals surface area contributed by atoms with Gasteiger partial charge in [-0.15, -0.1) is 0 Å². The summed E-state index contributed by atoms with van der Waals surface area (Å²) in [5.74, 6) is 1.77. The standard InChI is InChI=1S/C20H20N8/c1-2-5-15(6-3-1)19-17(23-26-24-19)14-27-10-8-18-22-20(25-28(18)12-11-27)16-7-4-9-21-13-16/h1-7,9,13H,8,10-12,14H2,(H,23,24,26). The minimum Gasteiger partial charge on any atom is -0.295 e. The van der Waals surface area contributed by atoms with E-state index in [0.29, 0.717) is 0 Å². The molecule has 5 rings (SSSR count). The summed E-state index contributed by atoms with van der Waals surface area (Å²) in [4.78, 5) is 11.3. The molecule has 1 aromatic carbocycles. The minimum atomic E-state index is 0.749. The SMILES string of the molecule is c1ccc(-c2n[nH]nc2CN2CCc3nc(-c4cccnc4)nn3CC2)cc1. The lowest BCUT2D eigenvalue weighted by Gasteiger charge is -2.18. The van der Waals surface area contributed by atoms with Gasteiger partial charge in [0, 0.05) is 49.6 Å². The van der Waals surface area contributed by atoms with Gasteiger partial charge in [0.25, 0.3) is 0 Å². The van der Waals surface area contributed by atoms with Crippen LogP contribution in [-0.4, -0.2) is 53.1 Å². The van der Waals surface area contributed by atoms with Crippen molar-refractivity contribution in [3.63, 3.8) is 0 Å². The molecule has 0 aliphatic carbocycles. The second-order valence-electron chi connectivity index (χ2n) is 6.83. The van der Waals surface area contributed by atoms with Crippen molar-refractivity contribution in [1.29, 1.82) is 0 Å². The quantitative estimate of drug-likeness (QED) is 0.591. The topological polar surface area (TPSA) is 88.4 Å². The third kappa shape index (κ3) is 3.29. The molecule has 0 amide bonds. The van der Waals surface area contributed by atoms with Crippen LogP contribution in [0.2, 0.25) is 0 Å². The highest BCUT2D eigenvalue weighted by Crippen LogP contribution is 2.21. The Morgan fingerprint density at radius 2 is 1.82 bits per heavy atom. The van der Waals surface area contributed by atoms with Gasteiger partial charge in [-0.25, -0.2) is 9.67 Å². The minimum absolute atomic E-state index is 0.749. The van der Waals surface area contributed by atoms with Crippen LogP contribution in [0.3, 0.4) is 0 Å². The summed E-state index contributed by atoms with van der Waals surface area (Å²) in [5.41, 5.74) is 3.92. The smallest absolute Gasteiger partial charge is 0.182 e. The fourth-order valence-corrected chi connectivity index (χ4v) is 3.52. The van der Waals surface area contributed by atoms with Crippen molar-refractivity contribution in [2.75, 3.05) is 13.1 Å². The van der Waals surface area contributed by atoms with E-state index < -0.39 is 0 Å². The summed E-state index contributed by atoms with van der Waals surface area (Å²) < 4.78 is 2.02. The van der Waals surface area contributed by atoms with E-state index in [1.807, 2.05) is 35.0 Å². The first-order chi connectivity index (χ1) is 13.9. The number of fused-ring (bicyclic) bond motifs is 1. The Labute approximate surface area is 162 Å². The van der Waals surface area contributed by atoms with Crippen LogP contribution in [0.1, 0.15) is 11.5 Å². The molecule has 0 fully saturated rings. The van der Waals surface area contributed by atoms with Crippen LogP contribution >= 0.6 is 0 Å². The van der Waals surface area contributed by atoms with Gasteiger partial charge in [0.15, 0.2) is 5.82 Å². The summed E-state index contributed by atoms with van der Waals surface area (Å²) in [5, 5.41) is 16.2. The third-order valence-corrected chi connectivity index (χ3v) is 4.99. The Bertz CT molecular complexity index is 1030. The predicted molar refractivity (Wildman–Crippen MR) is 104 cm³/mol. The number of benzene rings is 1. The summed E-state index contributed by atoms with van der Waals surface area (Å²) in [7, 11) is 0. The molecule has 0 spiro atoms. The zero-order chi connectivity index (χ0) is 18.8. The van der Waals surface area contributed by atoms with Crippen molar-refractivity contribution in [2.24, 2.45) is 0 Å². The van der Waals surface area contributed by atoms with Crippen LogP contribution in [0.5, 0.6) is 0 Å². The maximum atomic E-state index is 4.73. The number of aromatic nitrogens is 7. The van der Waals surface area contributed by atoms with Crippen molar-refractivity contribution in [2.45, 2.75) is 19.5 Å². The molecular formula is C20H20N8. The van der Waals surface area contributed by atoms with Crippen LogP contribution in [0.25, 0.3) is 22.6 Å². The lowest BCUT2D eigenvalue weighted by molar-refractivity contribution is 0.266. The van der Waals surface area contributed by atoms with E-state index in [1.165, 1.54) is 0 Å². The molecule has 28 heavy (non-hydrogen) atoms. The van der Waals surface area contributed by atoms with Crippen LogP contribution < -0.4 is 0 Å². The first-order valence-corrected chi connectivity index (χ1v) is 9.38. The second-order valence-corrected chi connectivity index (χ2v) is 6.83. The largest absolute Gasteiger partial charge is 0.295 e. The molecule has 8 nitrogen and oxygen atoms in total. The molecule has 0 saturated carbocycles. The fourth-order valence-electron chi connectivity index (χ4n) is 3.52. The Morgan fingerprint density at radius 3 is 2.68 bits per heavy atom. The Hall–Kier alpha value is -3.39. The molecule has 0 saturated heterocycles. The molecule has 4 heterocycles. The first kappa shape index (κ1) is 16.8. The molecule has 1 aliphatic rings. The van der Waals surface area contributed by atoms with E-state index in [1.54, 1.807) is 12.4 Å². The molecule has 0 atom stereocenters. The fraction of sp³-hybridized carbons (Fsp3) is 0.250. The molecule has 3 aromatic heterocycles. The van der Waals surface area contributed by atoms with E-state index in [-0.39, 0.29) is 0 Å². The zero-order valence-corrected chi connectivity index (χ0v) is 15.4. The lowest BCUT2D eigenvalue weighted by atomic mass is 10.1. The molecule has 1 N–H and O–H groups in total. The van der Waals surface area contributed by atoms with Crippen LogP contribution in [0.4, 0.5) is 0 Å². The Balaban J connectivity index is 1.30. The van der Waals surface area contributed by atoms with Crippen LogP contribution in [0, 0.1) is 0 Å². The number of hydrogen-bond donors (Lipinski definition) is 1. The highest BCUT2D eigenvalue weighted by Gasteiger charge is 2.20. The zero-order valence-electron chi connectivity index (χ0n) is 15.4. The number of nitrogens with zero attached hydrogens (tertiary/aromatic N) is 7. The van der Waals surface area contributed by atoms with Crippen molar-refractivity contribution < 1.29 is 0 Å². The number of pyridine rings is 1. The number of aromatic amines is 1. The van der Waals surface area contributed by atoms with Gasteiger partial charge in [-0.3, -0.25) is 9.88 Å². The van der Waals surface area contributed by atoms with Crippen molar-refractivity contribution >= 4 is 0 Å². The molecular weight excluding hydrogens is 352 g/mol. The number of nitrogens with one attached hydrogen (secondary N) is 1. The lowest BCUT2D eigenvalue weighted by Crippen LogP contribution is -2.27. The highest BCUT2D eigenvalue weighted by molar-refractivity contribution is 5.60. The third-order valence-electron chi connectivity index (χ3n) is 4.99. The van der Waals surface area contributed by atoms with Crippen molar-refractivity contribution in [1.82, 2.24) is 40.1 Å². The number of rotatable bonds is 4. The predicted octanol–water partition coefficient (Wildman–Crippen LogP) is 2.18. The maximum absolute atomic E-state index is 4.73. The number of H-pyrrole nitrogens is 1. The van der Waals surface area contributed by atoms with Crippen LogP contribution in [-0.2, 0) is 19.5 Å². The van der Waals surface area contributed by atoms with Gasteiger partial charge in [0.1, 0.15) is 17.2 Å². The van der Waals surface area contributed by atoms with Crippen molar-refractivity contribution in [3.8, 4) is 22.6 Å². The monoisotopic (exact) mass is 372 g/mol. The first-order valence-electron chi connectivity index (χ1n) is 9.38. The van der Waals surface area contributed by atoms with Gasteiger partial charge in [-0.1, -0.05) is 30.3 Å². The summed E-state index contributed by atoms with van der Waals surface area (Å²) in [6.45, 7) is 3.36. The van der Waals surface area contributed by atoms with E-state index in [0.717, 1.165) is 66.8 Å². The van der Waals surface area contributed by atoms with Gasteiger partial charge in [0.2, 0.25) is 0 Å². The highest BCUT2D eigenvalue weighted by atomic mass is 15.4. The summed E-state index contributed by atoms with van der Waals surface area (Å²) in [6.07, 6.45) is 4.42. The van der Waals surface area contributed by atoms with Gasteiger partial charge in [0.05, 0.1) is 6.54 Å². The average Bonchev–Trinajstić information content (AvgIpc) is 3.34. The Morgan fingerprint density at radius 1 is 0.929 bits per heavy atom. The van der Waals surface area contributed by atoms with Gasteiger partial charge in [-0.2, -0.15) is 20.5 Å². The molecule has 4 aromatic rings. The average molecular weight is 372 g/mol.